The van der Waals surface area contributed by atoms with Crippen LogP contribution in [0.2, 0.25) is 0 Å². The molecule has 0 atom stereocenters. The van der Waals surface area contributed by atoms with Crippen LogP contribution >= 0.6 is 0 Å². The Balaban J connectivity index is 2.23. The number of benzene rings is 2. The van der Waals surface area contributed by atoms with Gasteiger partial charge in [-0.3, -0.25) is 4.79 Å². The highest BCUT2D eigenvalue weighted by molar-refractivity contribution is 6.08. The van der Waals surface area contributed by atoms with Crippen molar-refractivity contribution in [3.05, 3.63) is 53.3 Å². The van der Waals surface area contributed by atoms with Crippen molar-refractivity contribution >= 4 is 23.0 Å². The molecular weight excluding hydrogens is 245 g/mol. The van der Waals surface area contributed by atoms with Crippen molar-refractivity contribution in [1.29, 1.82) is 0 Å². The number of hydrogen-bond acceptors (Lipinski definition) is 3. The first-order valence-corrected chi connectivity index (χ1v) is 5.70. The molecule has 0 heterocycles. The number of aryl methyl sites for hydroxylation is 1. The molecule has 2 aromatic rings. The maximum atomic E-state index is 13.1. The molecule has 0 aromatic heterocycles. The standard InChI is InChI=1S/C14H14FN3O/c1-8-6-10(3-5-12(8)15)18-14(19)11-4-2-9(16)7-13(11)17/h2-7H,16-17H2,1H3,(H,18,19). The number of halogens is 1. The van der Waals surface area contributed by atoms with E-state index in [0.717, 1.165) is 0 Å². The van der Waals surface area contributed by atoms with Gasteiger partial charge in [-0.1, -0.05) is 0 Å². The lowest BCUT2D eigenvalue weighted by molar-refractivity contribution is 0.102. The zero-order valence-corrected chi connectivity index (χ0v) is 10.4. The summed E-state index contributed by atoms with van der Waals surface area (Å²) < 4.78 is 13.1. The highest BCUT2D eigenvalue weighted by Gasteiger charge is 2.10. The number of anilines is 3. The van der Waals surface area contributed by atoms with E-state index in [1.165, 1.54) is 18.2 Å². The Hall–Kier alpha value is -2.56. The van der Waals surface area contributed by atoms with Gasteiger partial charge in [0, 0.05) is 17.1 Å². The molecule has 0 radical (unpaired) electrons. The van der Waals surface area contributed by atoms with Crippen LogP contribution in [0.3, 0.4) is 0 Å². The largest absolute Gasteiger partial charge is 0.399 e. The molecule has 4 nitrogen and oxygen atoms in total. The van der Waals surface area contributed by atoms with E-state index < -0.39 is 0 Å². The smallest absolute Gasteiger partial charge is 0.257 e. The van der Waals surface area contributed by atoms with Crippen molar-refractivity contribution < 1.29 is 9.18 Å². The third kappa shape index (κ3) is 2.82. The second kappa shape index (κ2) is 4.97. The van der Waals surface area contributed by atoms with E-state index in [2.05, 4.69) is 5.32 Å². The van der Waals surface area contributed by atoms with Gasteiger partial charge in [0.2, 0.25) is 0 Å². The number of carbonyl (C=O) groups is 1. The topological polar surface area (TPSA) is 81.1 Å². The Kier molecular flexibility index (Phi) is 3.37. The van der Waals surface area contributed by atoms with Gasteiger partial charge in [0.15, 0.2) is 0 Å². The second-order valence-electron chi connectivity index (χ2n) is 4.26. The number of nitrogen functional groups attached to an aromatic ring is 2. The van der Waals surface area contributed by atoms with Crippen molar-refractivity contribution in [2.45, 2.75) is 6.92 Å². The minimum Gasteiger partial charge on any atom is -0.399 e. The van der Waals surface area contributed by atoms with Gasteiger partial charge in [-0.2, -0.15) is 0 Å². The molecule has 2 aromatic carbocycles. The Labute approximate surface area is 110 Å². The molecule has 0 saturated carbocycles. The Morgan fingerprint density at radius 2 is 1.89 bits per heavy atom. The molecule has 98 valence electrons. The molecular formula is C14H14FN3O. The van der Waals surface area contributed by atoms with Crippen molar-refractivity contribution in [3.8, 4) is 0 Å². The lowest BCUT2D eigenvalue weighted by Crippen LogP contribution is -2.14. The monoisotopic (exact) mass is 259 g/mol. The summed E-state index contributed by atoms with van der Waals surface area (Å²) in [6.07, 6.45) is 0. The molecule has 0 aliphatic heterocycles. The highest BCUT2D eigenvalue weighted by atomic mass is 19.1. The maximum Gasteiger partial charge on any atom is 0.257 e. The van der Waals surface area contributed by atoms with Gasteiger partial charge in [0.1, 0.15) is 5.82 Å². The first-order valence-electron chi connectivity index (χ1n) is 5.70. The first-order chi connectivity index (χ1) is 8.97. The summed E-state index contributed by atoms with van der Waals surface area (Å²) in [6.45, 7) is 1.63. The molecule has 0 saturated heterocycles. The van der Waals surface area contributed by atoms with E-state index in [1.807, 2.05) is 0 Å². The van der Waals surface area contributed by atoms with Gasteiger partial charge in [-0.15, -0.1) is 0 Å². The number of amides is 1. The van der Waals surface area contributed by atoms with Crippen LogP contribution in [-0.4, -0.2) is 5.91 Å². The van der Waals surface area contributed by atoms with E-state index in [9.17, 15) is 9.18 Å². The number of carbonyl (C=O) groups excluding carboxylic acids is 1. The van der Waals surface area contributed by atoms with E-state index in [-0.39, 0.29) is 11.7 Å². The first kappa shape index (κ1) is 12.9. The highest BCUT2D eigenvalue weighted by Crippen LogP contribution is 2.19. The number of hydrogen-bond donors (Lipinski definition) is 3. The van der Waals surface area contributed by atoms with Crippen LogP contribution in [0.1, 0.15) is 15.9 Å². The Morgan fingerprint density at radius 3 is 2.53 bits per heavy atom. The zero-order valence-electron chi connectivity index (χ0n) is 10.4. The molecule has 1 amide bonds. The van der Waals surface area contributed by atoms with E-state index in [4.69, 9.17) is 11.5 Å². The molecule has 0 unspecified atom stereocenters. The Morgan fingerprint density at radius 1 is 1.16 bits per heavy atom. The lowest BCUT2D eigenvalue weighted by Gasteiger charge is -2.09. The van der Waals surface area contributed by atoms with Crippen LogP contribution in [0.4, 0.5) is 21.5 Å². The molecule has 0 aliphatic carbocycles. The van der Waals surface area contributed by atoms with E-state index in [1.54, 1.807) is 25.1 Å². The van der Waals surface area contributed by atoms with E-state index in [0.29, 0.717) is 28.2 Å². The fourth-order valence-electron chi connectivity index (χ4n) is 1.71. The van der Waals surface area contributed by atoms with Crippen molar-refractivity contribution in [2.75, 3.05) is 16.8 Å². The summed E-state index contributed by atoms with van der Waals surface area (Å²) in [6, 6.07) is 9.02. The summed E-state index contributed by atoms with van der Waals surface area (Å²) in [5.74, 6) is -0.673. The number of nitrogens with one attached hydrogen (secondary N) is 1. The average Bonchev–Trinajstić information content (AvgIpc) is 2.33. The van der Waals surface area contributed by atoms with Crippen LogP contribution in [0.5, 0.6) is 0 Å². The van der Waals surface area contributed by atoms with Crippen molar-refractivity contribution in [2.24, 2.45) is 0 Å². The normalized spacial score (nSPS) is 10.2. The van der Waals surface area contributed by atoms with Crippen LogP contribution in [-0.2, 0) is 0 Å². The SMILES string of the molecule is Cc1cc(NC(=O)c2ccc(N)cc2N)ccc1F. The summed E-state index contributed by atoms with van der Waals surface area (Å²) in [5, 5.41) is 2.66. The average molecular weight is 259 g/mol. The molecule has 0 fully saturated rings. The fourth-order valence-corrected chi connectivity index (χ4v) is 1.71. The van der Waals surface area contributed by atoms with E-state index >= 15 is 0 Å². The third-order valence-corrected chi connectivity index (χ3v) is 2.74. The predicted molar refractivity (Wildman–Crippen MR) is 74.4 cm³/mol. The summed E-state index contributed by atoms with van der Waals surface area (Å²) in [4.78, 5) is 12.0. The second-order valence-corrected chi connectivity index (χ2v) is 4.26. The maximum absolute atomic E-state index is 13.1. The molecule has 5 N–H and O–H groups in total. The van der Waals surface area contributed by atoms with Crippen molar-refractivity contribution in [3.63, 3.8) is 0 Å². The van der Waals surface area contributed by atoms with Gasteiger partial charge < -0.3 is 16.8 Å². The predicted octanol–water partition coefficient (Wildman–Crippen LogP) is 2.55. The molecule has 2 rings (SSSR count). The third-order valence-electron chi connectivity index (χ3n) is 2.74. The van der Waals surface area contributed by atoms with Crippen LogP contribution in [0.25, 0.3) is 0 Å². The zero-order chi connectivity index (χ0) is 14.0. The van der Waals surface area contributed by atoms with Gasteiger partial charge in [-0.25, -0.2) is 4.39 Å². The molecule has 5 heteroatoms. The summed E-state index contributed by atoms with van der Waals surface area (Å²) in [7, 11) is 0. The lowest BCUT2D eigenvalue weighted by atomic mass is 10.1. The molecule has 0 aliphatic rings. The van der Waals surface area contributed by atoms with Gasteiger partial charge in [0.25, 0.3) is 5.91 Å². The summed E-state index contributed by atoms with van der Waals surface area (Å²) >= 11 is 0. The van der Waals surface area contributed by atoms with Gasteiger partial charge >= 0.3 is 0 Å². The van der Waals surface area contributed by atoms with Crippen LogP contribution in [0.15, 0.2) is 36.4 Å². The van der Waals surface area contributed by atoms with Gasteiger partial charge in [-0.05, 0) is 48.9 Å². The van der Waals surface area contributed by atoms with Crippen LogP contribution in [0, 0.1) is 12.7 Å². The number of rotatable bonds is 2. The van der Waals surface area contributed by atoms with Gasteiger partial charge in [0.05, 0.1) is 5.56 Å². The van der Waals surface area contributed by atoms with Crippen molar-refractivity contribution in [1.82, 2.24) is 0 Å². The quantitative estimate of drug-likeness (QED) is 0.725. The Bertz CT molecular complexity index is 641. The minimum absolute atomic E-state index is 0.302. The molecule has 0 bridgehead atoms. The fraction of sp³-hybridized carbons (Fsp3) is 0.0714. The molecule has 0 spiro atoms. The summed E-state index contributed by atoms with van der Waals surface area (Å²) in [5.41, 5.74) is 13.4. The number of nitrogens with two attached hydrogens (primary N) is 2. The molecule has 19 heavy (non-hydrogen) atoms. The van der Waals surface area contributed by atoms with Crippen LogP contribution < -0.4 is 16.8 Å². The minimum atomic E-state index is -0.358.